The van der Waals surface area contributed by atoms with Gasteiger partial charge in [-0.15, -0.1) is 0 Å². The molecule has 0 aromatic rings. The number of hydrogen-bond donors (Lipinski definition) is 0. The Labute approximate surface area is 86.3 Å². The van der Waals surface area contributed by atoms with E-state index in [0.717, 1.165) is 24.8 Å². The summed E-state index contributed by atoms with van der Waals surface area (Å²) in [5.41, 5.74) is 0.284. The van der Waals surface area contributed by atoms with Gasteiger partial charge < -0.3 is 4.74 Å². The fraction of sp³-hybridized carbons (Fsp3) is 0.750. The molecule has 0 unspecified atom stereocenters. The van der Waals surface area contributed by atoms with Gasteiger partial charge in [0.1, 0.15) is 5.60 Å². The summed E-state index contributed by atoms with van der Waals surface area (Å²) in [6, 6.07) is 0. The first-order chi connectivity index (χ1) is 6.34. The third-order valence-electron chi connectivity index (χ3n) is 3.21. The van der Waals surface area contributed by atoms with E-state index in [0.29, 0.717) is 0 Å². The molecule has 1 fully saturated rings. The van der Waals surface area contributed by atoms with E-state index in [-0.39, 0.29) is 17.0 Å². The highest BCUT2D eigenvalue weighted by atomic mass is 16.6. The van der Waals surface area contributed by atoms with Crippen molar-refractivity contribution in [2.24, 2.45) is 5.41 Å². The summed E-state index contributed by atoms with van der Waals surface area (Å²) in [7, 11) is 0. The minimum absolute atomic E-state index is 0.0968. The first kappa shape index (κ1) is 11.3. The second-order valence-electron chi connectivity index (χ2n) is 4.90. The van der Waals surface area contributed by atoms with E-state index in [1.54, 1.807) is 0 Å². The third kappa shape index (κ3) is 1.99. The summed E-state index contributed by atoms with van der Waals surface area (Å²) in [6.07, 6.45) is 2.68. The Morgan fingerprint density at radius 1 is 1.50 bits per heavy atom. The Morgan fingerprint density at radius 3 is 2.29 bits per heavy atom. The topological polar surface area (TPSA) is 26.3 Å². The van der Waals surface area contributed by atoms with Crippen LogP contribution in [0.2, 0.25) is 0 Å². The predicted octanol–water partition coefficient (Wildman–Crippen LogP) is 3.07. The van der Waals surface area contributed by atoms with Crippen molar-refractivity contribution in [3.05, 3.63) is 12.2 Å². The summed E-state index contributed by atoms with van der Waals surface area (Å²) in [6.45, 7) is 11.6. The normalized spacial score (nSPS) is 18.9. The maximum absolute atomic E-state index is 11.8. The quantitative estimate of drug-likeness (QED) is 0.510. The Balaban J connectivity index is 2.62. The minimum atomic E-state index is -0.370. The molecular weight excluding hydrogens is 176 g/mol. The van der Waals surface area contributed by atoms with Crippen molar-refractivity contribution in [2.75, 3.05) is 0 Å². The fourth-order valence-corrected chi connectivity index (χ4v) is 1.19. The highest BCUT2D eigenvalue weighted by molar-refractivity contribution is 5.76. The van der Waals surface area contributed by atoms with Crippen molar-refractivity contribution >= 4 is 5.97 Å². The highest BCUT2D eigenvalue weighted by Crippen LogP contribution is 2.46. The molecule has 2 nitrogen and oxygen atoms in total. The molecule has 0 amide bonds. The van der Waals surface area contributed by atoms with Crippen molar-refractivity contribution in [1.29, 1.82) is 0 Å². The van der Waals surface area contributed by atoms with Crippen molar-refractivity contribution < 1.29 is 9.53 Å². The van der Waals surface area contributed by atoms with Gasteiger partial charge in [0.05, 0.1) is 5.41 Å². The van der Waals surface area contributed by atoms with Gasteiger partial charge in [-0.2, -0.15) is 0 Å². The molecule has 0 aromatic heterocycles. The van der Waals surface area contributed by atoms with Crippen LogP contribution in [-0.4, -0.2) is 11.6 Å². The molecular formula is C12H20O2. The maximum atomic E-state index is 11.8. The molecule has 0 aromatic carbocycles. The van der Waals surface area contributed by atoms with Gasteiger partial charge in [0.2, 0.25) is 0 Å². The average molecular weight is 196 g/mol. The molecule has 1 rings (SSSR count). The molecule has 0 N–H and O–H groups in total. The Hall–Kier alpha value is -0.790. The third-order valence-corrected chi connectivity index (χ3v) is 3.21. The first-order valence-corrected chi connectivity index (χ1v) is 5.23. The number of esters is 1. The van der Waals surface area contributed by atoms with Crippen LogP contribution in [0.1, 0.15) is 47.0 Å². The highest BCUT2D eigenvalue weighted by Gasteiger charge is 2.49. The lowest BCUT2D eigenvalue weighted by Gasteiger charge is -2.25. The molecule has 80 valence electrons. The van der Waals surface area contributed by atoms with Crippen LogP contribution in [0.4, 0.5) is 0 Å². The standard InChI is InChI=1S/C12H20O2/c1-6-11(4,5)10(13)14-12(7-8-12)9(2)3/h2,6-8H2,1,3-5H3. The summed E-state index contributed by atoms with van der Waals surface area (Å²) in [5, 5.41) is 0. The maximum Gasteiger partial charge on any atom is 0.312 e. The SMILES string of the molecule is C=C(C)C1(OC(=O)C(C)(C)CC)CC1. The zero-order chi connectivity index (χ0) is 11.0. The lowest BCUT2D eigenvalue weighted by atomic mass is 9.90. The molecule has 14 heavy (non-hydrogen) atoms. The summed E-state index contributed by atoms with van der Waals surface area (Å²) in [4.78, 5) is 11.8. The van der Waals surface area contributed by atoms with Crippen molar-refractivity contribution in [3.8, 4) is 0 Å². The van der Waals surface area contributed by atoms with Gasteiger partial charge in [-0.3, -0.25) is 4.79 Å². The zero-order valence-corrected chi connectivity index (χ0v) is 9.64. The number of hydrogen-bond acceptors (Lipinski definition) is 2. The molecule has 1 aliphatic carbocycles. The van der Waals surface area contributed by atoms with Gasteiger partial charge >= 0.3 is 5.97 Å². The molecule has 0 heterocycles. The van der Waals surface area contributed by atoms with Crippen LogP contribution in [0.5, 0.6) is 0 Å². The van der Waals surface area contributed by atoms with E-state index in [9.17, 15) is 4.79 Å². The molecule has 1 aliphatic rings. The molecule has 0 bridgehead atoms. The molecule has 0 aliphatic heterocycles. The predicted molar refractivity (Wildman–Crippen MR) is 56.9 cm³/mol. The van der Waals surface area contributed by atoms with Gasteiger partial charge in [0, 0.05) is 0 Å². The van der Waals surface area contributed by atoms with E-state index in [2.05, 4.69) is 6.58 Å². The van der Waals surface area contributed by atoms with Crippen molar-refractivity contribution in [3.63, 3.8) is 0 Å². The monoisotopic (exact) mass is 196 g/mol. The Kier molecular flexibility index (Phi) is 2.75. The number of carbonyl (C=O) groups is 1. The minimum Gasteiger partial charge on any atom is -0.454 e. The van der Waals surface area contributed by atoms with E-state index in [1.165, 1.54) is 0 Å². The summed E-state index contributed by atoms with van der Waals surface area (Å²) < 4.78 is 5.53. The average Bonchev–Trinajstić information content (AvgIpc) is 2.85. The van der Waals surface area contributed by atoms with Gasteiger partial charge in [0.25, 0.3) is 0 Å². The Bertz CT molecular complexity index is 259. The van der Waals surface area contributed by atoms with E-state index in [1.807, 2.05) is 27.7 Å². The van der Waals surface area contributed by atoms with Crippen LogP contribution >= 0.6 is 0 Å². The molecule has 2 heteroatoms. The number of ether oxygens (including phenoxy) is 1. The molecule has 0 spiro atoms. The zero-order valence-electron chi connectivity index (χ0n) is 9.64. The number of rotatable bonds is 4. The van der Waals surface area contributed by atoms with Crippen LogP contribution < -0.4 is 0 Å². The van der Waals surface area contributed by atoms with Gasteiger partial charge in [-0.25, -0.2) is 0 Å². The molecule has 1 saturated carbocycles. The smallest absolute Gasteiger partial charge is 0.312 e. The lowest BCUT2D eigenvalue weighted by Crippen LogP contribution is -2.31. The van der Waals surface area contributed by atoms with Gasteiger partial charge in [-0.1, -0.05) is 13.5 Å². The largest absolute Gasteiger partial charge is 0.454 e. The number of carbonyl (C=O) groups excluding carboxylic acids is 1. The van der Waals surface area contributed by atoms with Gasteiger partial charge in [-0.05, 0) is 45.6 Å². The second kappa shape index (κ2) is 3.41. The van der Waals surface area contributed by atoms with Crippen LogP contribution in [0.3, 0.4) is 0 Å². The van der Waals surface area contributed by atoms with Gasteiger partial charge in [0.15, 0.2) is 0 Å². The summed E-state index contributed by atoms with van der Waals surface area (Å²) >= 11 is 0. The van der Waals surface area contributed by atoms with E-state index < -0.39 is 0 Å². The van der Waals surface area contributed by atoms with Crippen LogP contribution in [0.15, 0.2) is 12.2 Å². The van der Waals surface area contributed by atoms with Crippen LogP contribution in [0, 0.1) is 5.41 Å². The van der Waals surface area contributed by atoms with Crippen molar-refractivity contribution in [2.45, 2.75) is 52.6 Å². The molecule has 0 atom stereocenters. The molecule has 0 radical (unpaired) electrons. The first-order valence-electron chi connectivity index (χ1n) is 5.23. The Morgan fingerprint density at radius 2 is 2.00 bits per heavy atom. The van der Waals surface area contributed by atoms with E-state index in [4.69, 9.17) is 4.74 Å². The van der Waals surface area contributed by atoms with Crippen LogP contribution in [0.25, 0.3) is 0 Å². The summed E-state index contributed by atoms with van der Waals surface area (Å²) in [5.74, 6) is -0.0968. The fourth-order valence-electron chi connectivity index (χ4n) is 1.19. The van der Waals surface area contributed by atoms with Crippen LogP contribution in [-0.2, 0) is 9.53 Å². The lowest BCUT2D eigenvalue weighted by molar-refractivity contribution is -0.159. The van der Waals surface area contributed by atoms with Crippen molar-refractivity contribution in [1.82, 2.24) is 0 Å². The molecule has 0 saturated heterocycles. The second-order valence-corrected chi connectivity index (χ2v) is 4.90. The van der Waals surface area contributed by atoms with E-state index >= 15 is 0 Å².